The summed E-state index contributed by atoms with van der Waals surface area (Å²) < 4.78 is 26.6. The number of nitrogens with one attached hydrogen (secondary N) is 1. The van der Waals surface area contributed by atoms with Gasteiger partial charge in [-0.05, 0) is 55.4 Å². The van der Waals surface area contributed by atoms with Crippen molar-refractivity contribution < 1.29 is 18.0 Å². The largest absolute Gasteiger partial charge is 0.352 e. The summed E-state index contributed by atoms with van der Waals surface area (Å²) in [4.78, 5) is 28.7. The molecule has 1 atom stereocenters. The van der Waals surface area contributed by atoms with Crippen LogP contribution in [0.5, 0.6) is 0 Å². The summed E-state index contributed by atoms with van der Waals surface area (Å²) in [6.45, 7) is 3.89. The topological polar surface area (TPSA) is 86.8 Å². The van der Waals surface area contributed by atoms with Crippen molar-refractivity contribution in [3.8, 4) is 0 Å². The molecule has 2 aromatic rings. The van der Waals surface area contributed by atoms with Crippen LogP contribution in [-0.4, -0.2) is 56.6 Å². The third kappa shape index (κ3) is 8.32. The predicted molar refractivity (Wildman–Crippen MR) is 149 cm³/mol. The Kier molecular flexibility index (Phi) is 10.6. The molecule has 0 unspecified atom stereocenters. The molecule has 0 heterocycles. The molecule has 7 nitrogen and oxygen atoms in total. The van der Waals surface area contributed by atoms with Crippen LogP contribution in [0.15, 0.2) is 54.6 Å². The number of nitrogens with zero attached hydrogens (tertiary/aromatic N) is 2. The first kappa shape index (κ1) is 28.7. The molecule has 1 fully saturated rings. The lowest BCUT2D eigenvalue weighted by molar-refractivity contribution is -0.140. The molecule has 2 amide bonds. The van der Waals surface area contributed by atoms with Gasteiger partial charge in [0.1, 0.15) is 12.6 Å². The van der Waals surface area contributed by atoms with Gasteiger partial charge >= 0.3 is 0 Å². The van der Waals surface area contributed by atoms with Gasteiger partial charge < -0.3 is 10.2 Å². The quantitative estimate of drug-likeness (QED) is 0.446. The maximum Gasteiger partial charge on any atom is 0.244 e. The van der Waals surface area contributed by atoms with E-state index < -0.39 is 16.1 Å². The van der Waals surface area contributed by atoms with E-state index in [0.717, 1.165) is 53.8 Å². The molecule has 0 aliphatic heterocycles. The van der Waals surface area contributed by atoms with Crippen LogP contribution in [-0.2, 0) is 32.5 Å². The molecule has 1 saturated carbocycles. The summed E-state index contributed by atoms with van der Waals surface area (Å²) in [6, 6.07) is 16.5. The molecule has 0 radical (unpaired) electrons. The van der Waals surface area contributed by atoms with Gasteiger partial charge in [0, 0.05) is 12.6 Å². The summed E-state index contributed by atoms with van der Waals surface area (Å²) in [5.74, 6) is -0.541. The first-order chi connectivity index (χ1) is 17.7. The van der Waals surface area contributed by atoms with Crippen molar-refractivity contribution in [2.75, 3.05) is 23.7 Å². The summed E-state index contributed by atoms with van der Waals surface area (Å²) in [6.07, 6.45) is 8.25. The molecule has 0 saturated heterocycles. The molecule has 3 rings (SSSR count). The van der Waals surface area contributed by atoms with E-state index in [-0.39, 0.29) is 24.4 Å². The van der Waals surface area contributed by atoms with Crippen molar-refractivity contribution in [2.24, 2.45) is 0 Å². The van der Waals surface area contributed by atoms with Gasteiger partial charge in [-0.25, -0.2) is 8.42 Å². The van der Waals surface area contributed by atoms with E-state index in [2.05, 4.69) is 5.32 Å². The number of rotatable bonds is 12. The Balaban J connectivity index is 1.85. The normalized spacial score (nSPS) is 15.1. The highest BCUT2D eigenvalue weighted by atomic mass is 32.2. The van der Waals surface area contributed by atoms with Crippen molar-refractivity contribution in [3.05, 3.63) is 65.7 Å². The fraction of sp³-hybridized carbons (Fsp3) is 0.517. The fourth-order valence-corrected chi connectivity index (χ4v) is 5.80. The summed E-state index contributed by atoms with van der Waals surface area (Å²) in [7, 11) is -3.72. The smallest absolute Gasteiger partial charge is 0.244 e. The third-order valence-corrected chi connectivity index (χ3v) is 8.27. The van der Waals surface area contributed by atoms with Crippen LogP contribution < -0.4 is 9.62 Å². The van der Waals surface area contributed by atoms with E-state index >= 15 is 0 Å². The fourth-order valence-electron chi connectivity index (χ4n) is 4.95. The maximum absolute atomic E-state index is 13.8. The molecule has 1 aliphatic carbocycles. The van der Waals surface area contributed by atoms with Crippen molar-refractivity contribution in [3.63, 3.8) is 0 Å². The van der Waals surface area contributed by atoms with Gasteiger partial charge in [0.05, 0.1) is 11.9 Å². The number of aryl methyl sites for hydroxylation is 1. The van der Waals surface area contributed by atoms with Crippen LogP contribution in [0.3, 0.4) is 0 Å². The molecule has 8 heteroatoms. The molecule has 202 valence electrons. The Hall–Kier alpha value is -2.87. The van der Waals surface area contributed by atoms with Crippen molar-refractivity contribution >= 4 is 27.5 Å². The maximum atomic E-state index is 13.8. The summed E-state index contributed by atoms with van der Waals surface area (Å²) >= 11 is 0. The van der Waals surface area contributed by atoms with Gasteiger partial charge in [0.15, 0.2) is 0 Å². The van der Waals surface area contributed by atoms with E-state index in [1.165, 1.54) is 6.42 Å². The zero-order valence-corrected chi connectivity index (χ0v) is 23.2. The number of carbonyl (C=O) groups is 2. The lowest BCUT2D eigenvalue weighted by Crippen LogP contribution is -2.54. The monoisotopic (exact) mass is 527 g/mol. The molecule has 37 heavy (non-hydrogen) atoms. The van der Waals surface area contributed by atoms with Gasteiger partial charge in [0.2, 0.25) is 21.8 Å². The highest BCUT2D eigenvalue weighted by Crippen LogP contribution is 2.21. The summed E-state index contributed by atoms with van der Waals surface area (Å²) in [5, 5.41) is 3.17. The Morgan fingerprint density at radius 3 is 2.16 bits per heavy atom. The van der Waals surface area contributed by atoms with Gasteiger partial charge in [-0.1, -0.05) is 75.6 Å². The van der Waals surface area contributed by atoms with Crippen molar-refractivity contribution in [2.45, 2.75) is 77.3 Å². The van der Waals surface area contributed by atoms with Crippen molar-refractivity contribution in [1.82, 2.24) is 10.2 Å². The summed E-state index contributed by atoms with van der Waals surface area (Å²) in [5.41, 5.74) is 2.58. The van der Waals surface area contributed by atoms with Gasteiger partial charge in [-0.3, -0.25) is 13.9 Å². The number of carbonyl (C=O) groups excluding carboxylic acids is 2. The second kappa shape index (κ2) is 13.6. The zero-order chi connectivity index (χ0) is 26.8. The number of amides is 2. The average Bonchev–Trinajstić information content (AvgIpc) is 2.90. The molecule has 1 aliphatic rings. The standard InChI is InChI=1S/C29H41N3O4S/c1-4-23-16-18-26(19-17-23)32(37(3,35)36)22-28(33)31(21-20-24-12-8-6-9-13-24)27(5-2)29(34)30-25-14-10-7-11-15-25/h6,8-9,12-13,16-19,25,27H,4-5,7,10-11,14-15,20-22H2,1-3H3,(H,30,34)/t27-/m0/s1. The third-order valence-electron chi connectivity index (χ3n) is 7.13. The first-order valence-corrected chi connectivity index (χ1v) is 15.3. The molecule has 0 bridgehead atoms. The van der Waals surface area contributed by atoms with E-state index in [0.29, 0.717) is 25.1 Å². The number of hydrogen-bond donors (Lipinski definition) is 1. The molecular weight excluding hydrogens is 486 g/mol. The minimum Gasteiger partial charge on any atom is -0.352 e. The Morgan fingerprint density at radius 2 is 1.59 bits per heavy atom. The molecule has 1 N–H and O–H groups in total. The van der Waals surface area contributed by atoms with Gasteiger partial charge in [-0.15, -0.1) is 0 Å². The van der Waals surface area contributed by atoms with Crippen molar-refractivity contribution in [1.29, 1.82) is 0 Å². The van der Waals surface area contributed by atoms with Crippen LogP contribution in [0.25, 0.3) is 0 Å². The average molecular weight is 528 g/mol. The van der Waals surface area contributed by atoms with Crippen LogP contribution in [0.1, 0.15) is 63.5 Å². The highest BCUT2D eigenvalue weighted by Gasteiger charge is 2.32. The lowest BCUT2D eigenvalue weighted by Gasteiger charge is -2.34. The van der Waals surface area contributed by atoms with Crippen LogP contribution in [0, 0.1) is 0 Å². The van der Waals surface area contributed by atoms with Gasteiger partial charge in [-0.2, -0.15) is 0 Å². The zero-order valence-electron chi connectivity index (χ0n) is 22.4. The van der Waals surface area contributed by atoms with Crippen LogP contribution in [0.2, 0.25) is 0 Å². The molecular formula is C29H41N3O4S. The second-order valence-corrected chi connectivity index (χ2v) is 11.8. The molecule has 2 aromatic carbocycles. The van der Waals surface area contributed by atoms with E-state index in [1.54, 1.807) is 17.0 Å². The number of sulfonamides is 1. The Labute approximate surface area is 222 Å². The minimum atomic E-state index is -3.72. The molecule has 0 aromatic heterocycles. The predicted octanol–water partition coefficient (Wildman–Crippen LogP) is 4.31. The van der Waals surface area contributed by atoms with E-state index in [4.69, 9.17) is 0 Å². The van der Waals surface area contributed by atoms with Crippen LogP contribution >= 0.6 is 0 Å². The van der Waals surface area contributed by atoms with Gasteiger partial charge in [0.25, 0.3) is 0 Å². The van der Waals surface area contributed by atoms with E-state index in [9.17, 15) is 18.0 Å². The number of benzene rings is 2. The number of anilines is 1. The minimum absolute atomic E-state index is 0.131. The molecule has 0 spiro atoms. The Bertz CT molecular complexity index is 1110. The van der Waals surface area contributed by atoms with Crippen LogP contribution in [0.4, 0.5) is 5.69 Å². The SMILES string of the molecule is CCc1ccc(N(CC(=O)N(CCc2ccccc2)[C@@H](CC)C(=O)NC2CCCCC2)S(C)(=O)=O)cc1. The highest BCUT2D eigenvalue weighted by molar-refractivity contribution is 7.92. The first-order valence-electron chi connectivity index (χ1n) is 13.4. The lowest BCUT2D eigenvalue weighted by atomic mass is 9.95. The second-order valence-electron chi connectivity index (χ2n) is 9.88. The number of hydrogen-bond acceptors (Lipinski definition) is 4. The van der Waals surface area contributed by atoms with E-state index in [1.807, 2.05) is 56.3 Å². The Morgan fingerprint density at radius 1 is 0.946 bits per heavy atom.